The lowest BCUT2D eigenvalue weighted by molar-refractivity contribution is -0.119. The largest absolute Gasteiger partial charge is 0.410 e. The normalized spacial score (nSPS) is 11.5. The van der Waals surface area contributed by atoms with Crippen LogP contribution in [0, 0.1) is 0 Å². The van der Waals surface area contributed by atoms with Crippen molar-refractivity contribution >= 4 is 29.0 Å². The van der Waals surface area contributed by atoms with E-state index in [-0.39, 0.29) is 17.2 Å². The Morgan fingerprint density at radius 2 is 2.26 bits per heavy atom. The van der Waals surface area contributed by atoms with Gasteiger partial charge in [-0.05, 0) is 32.2 Å². The van der Waals surface area contributed by atoms with Crippen molar-refractivity contribution in [2.75, 3.05) is 5.75 Å². The van der Waals surface area contributed by atoms with Crippen molar-refractivity contribution in [2.45, 2.75) is 31.5 Å². The van der Waals surface area contributed by atoms with Crippen LogP contribution < -0.4 is 5.32 Å². The molecule has 0 atom stereocenters. The zero-order valence-corrected chi connectivity index (χ0v) is 12.6. The van der Waals surface area contributed by atoms with E-state index >= 15 is 0 Å². The van der Waals surface area contributed by atoms with Gasteiger partial charge in [-0.15, -0.1) is 21.5 Å². The Kier molecular flexibility index (Phi) is 4.26. The van der Waals surface area contributed by atoms with Crippen LogP contribution in [0.1, 0.15) is 20.8 Å². The zero-order valence-electron chi connectivity index (χ0n) is 11.0. The summed E-state index contributed by atoms with van der Waals surface area (Å²) in [6.07, 6.45) is 0. The molecule has 0 fully saturated rings. The molecule has 2 aromatic heterocycles. The summed E-state index contributed by atoms with van der Waals surface area (Å²) in [6, 6.07) is 3.84. The molecule has 1 amide bonds. The van der Waals surface area contributed by atoms with Crippen molar-refractivity contribution in [2.24, 2.45) is 0 Å². The van der Waals surface area contributed by atoms with Crippen LogP contribution in [0.4, 0.5) is 0 Å². The maximum atomic E-state index is 11.6. The Morgan fingerprint density at radius 1 is 1.47 bits per heavy atom. The van der Waals surface area contributed by atoms with E-state index in [1.165, 1.54) is 23.1 Å². The van der Waals surface area contributed by atoms with Gasteiger partial charge in [0.25, 0.3) is 11.1 Å². The standard InChI is InChI=1S/C12H15N3O2S2/c1-12(2,3)13-9(16)7-19-11-15-14-10(17-11)8-5-4-6-18-8/h4-6H,7H2,1-3H3,(H,13,16). The summed E-state index contributed by atoms with van der Waals surface area (Å²) < 4.78 is 5.48. The smallest absolute Gasteiger partial charge is 0.277 e. The monoisotopic (exact) mass is 297 g/mol. The lowest BCUT2D eigenvalue weighted by atomic mass is 10.1. The average Bonchev–Trinajstić information content (AvgIpc) is 2.95. The number of hydrogen-bond acceptors (Lipinski definition) is 6. The quantitative estimate of drug-likeness (QED) is 0.879. The first-order valence-corrected chi connectivity index (χ1v) is 7.62. The number of thioether (sulfide) groups is 1. The van der Waals surface area contributed by atoms with Crippen LogP contribution in [0.2, 0.25) is 0 Å². The number of hydrogen-bond donors (Lipinski definition) is 1. The highest BCUT2D eigenvalue weighted by molar-refractivity contribution is 7.99. The molecule has 0 bridgehead atoms. The van der Waals surface area contributed by atoms with Crippen LogP contribution >= 0.6 is 23.1 Å². The molecule has 0 aliphatic heterocycles. The summed E-state index contributed by atoms with van der Waals surface area (Å²) >= 11 is 2.78. The van der Waals surface area contributed by atoms with Gasteiger partial charge in [0.05, 0.1) is 10.6 Å². The molecule has 0 saturated heterocycles. The van der Waals surface area contributed by atoms with Gasteiger partial charge >= 0.3 is 0 Å². The van der Waals surface area contributed by atoms with Gasteiger partial charge in [-0.2, -0.15) is 0 Å². The van der Waals surface area contributed by atoms with Crippen molar-refractivity contribution in [3.63, 3.8) is 0 Å². The minimum absolute atomic E-state index is 0.0478. The first kappa shape index (κ1) is 14.1. The lowest BCUT2D eigenvalue weighted by Gasteiger charge is -2.19. The molecule has 2 heterocycles. The fourth-order valence-electron chi connectivity index (χ4n) is 1.35. The molecule has 2 aromatic rings. The summed E-state index contributed by atoms with van der Waals surface area (Å²) in [5, 5.41) is 13.1. The molecule has 0 saturated carbocycles. The molecule has 0 spiro atoms. The van der Waals surface area contributed by atoms with E-state index in [4.69, 9.17) is 4.42 Å². The van der Waals surface area contributed by atoms with E-state index in [1.807, 2.05) is 38.3 Å². The summed E-state index contributed by atoms with van der Waals surface area (Å²) in [5.74, 6) is 0.714. The predicted octanol–water partition coefficient (Wildman–Crippen LogP) is 2.80. The van der Waals surface area contributed by atoms with Gasteiger partial charge in [0, 0.05) is 5.54 Å². The predicted molar refractivity (Wildman–Crippen MR) is 76.2 cm³/mol. The topological polar surface area (TPSA) is 68.0 Å². The van der Waals surface area contributed by atoms with E-state index in [0.29, 0.717) is 11.1 Å². The molecular formula is C12H15N3O2S2. The highest BCUT2D eigenvalue weighted by atomic mass is 32.2. The highest BCUT2D eigenvalue weighted by Gasteiger charge is 2.15. The first-order valence-electron chi connectivity index (χ1n) is 5.75. The third kappa shape index (κ3) is 4.36. The summed E-state index contributed by atoms with van der Waals surface area (Å²) in [4.78, 5) is 12.6. The Balaban J connectivity index is 1.89. The summed E-state index contributed by atoms with van der Waals surface area (Å²) in [5.41, 5.74) is -0.228. The van der Waals surface area contributed by atoms with E-state index < -0.39 is 0 Å². The third-order valence-electron chi connectivity index (χ3n) is 1.98. The van der Waals surface area contributed by atoms with Crippen LogP contribution in [0.5, 0.6) is 0 Å². The fraction of sp³-hybridized carbons (Fsp3) is 0.417. The number of aromatic nitrogens is 2. The second kappa shape index (κ2) is 5.75. The third-order valence-corrected chi connectivity index (χ3v) is 3.66. The van der Waals surface area contributed by atoms with Gasteiger partial charge in [-0.25, -0.2) is 0 Å². The molecule has 0 aromatic carbocycles. The molecular weight excluding hydrogens is 282 g/mol. The van der Waals surface area contributed by atoms with Crippen LogP contribution in [-0.4, -0.2) is 27.4 Å². The molecule has 0 unspecified atom stereocenters. The zero-order chi connectivity index (χ0) is 13.9. The van der Waals surface area contributed by atoms with Crippen LogP contribution in [0.25, 0.3) is 10.8 Å². The van der Waals surface area contributed by atoms with Gasteiger partial charge in [-0.3, -0.25) is 4.79 Å². The summed E-state index contributed by atoms with van der Waals surface area (Å²) in [6.45, 7) is 5.82. The second-order valence-corrected chi connectivity index (χ2v) is 6.81. The van der Waals surface area contributed by atoms with Crippen LogP contribution in [0.15, 0.2) is 27.2 Å². The Morgan fingerprint density at radius 3 is 2.89 bits per heavy atom. The molecule has 19 heavy (non-hydrogen) atoms. The number of rotatable bonds is 4. The molecule has 7 heteroatoms. The Hall–Kier alpha value is -1.34. The number of nitrogens with one attached hydrogen (secondary N) is 1. The Bertz CT molecular complexity index is 544. The van der Waals surface area contributed by atoms with Gasteiger partial charge < -0.3 is 9.73 Å². The maximum absolute atomic E-state index is 11.6. The highest BCUT2D eigenvalue weighted by Crippen LogP contribution is 2.26. The van der Waals surface area contributed by atoms with E-state index in [0.717, 1.165) is 4.88 Å². The average molecular weight is 297 g/mol. The number of thiophene rings is 1. The number of nitrogens with zero attached hydrogens (tertiary/aromatic N) is 2. The van der Waals surface area contributed by atoms with Crippen LogP contribution in [-0.2, 0) is 4.79 Å². The first-order chi connectivity index (χ1) is 8.94. The second-order valence-electron chi connectivity index (χ2n) is 4.94. The molecule has 1 N–H and O–H groups in total. The van der Waals surface area contributed by atoms with Gasteiger partial charge in [0.2, 0.25) is 5.91 Å². The molecule has 2 rings (SSSR count). The van der Waals surface area contributed by atoms with Crippen molar-refractivity contribution < 1.29 is 9.21 Å². The minimum Gasteiger partial charge on any atom is -0.410 e. The molecule has 5 nitrogen and oxygen atoms in total. The molecule has 102 valence electrons. The Labute approximate surface area is 119 Å². The van der Waals surface area contributed by atoms with Gasteiger partial charge in [0.1, 0.15) is 0 Å². The van der Waals surface area contributed by atoms with E-state index in [9.17, 15) is 4.79 Å². The van der Waals surface area contributed by atoms with Crippen molar-refractivity contribution in [3.8, 4) is 10.8 Å². The fourth-order valence-corrected chi connectivity index (χ4v) is 2.56. The van der Waals surface area contributed by atoms with Crippen LogP contribution in [0.3, 0.4) is 0 Å². The van der Waals surface area contributed by atoms with Crippen molar-refractivity contribution in [1.29, 1.82) is 0 Å². The van der Waals surface area contributed by atoms with Gasteiger partial charge in [0.15, 0.2) is 0 Å². The number of carbonyl (C=O) groups excluding carboxylic acids is 1. The summed E-state index contributed by atoms with van der Waals surface area (Å²) in [7, 11) is 0. The lowest BCUT2D eigenvalue weighted by Crippen LogP contribution is -2.41. The maximum Gasteiger partial charge on any atom is 0.277 e. The van der Waals surface area contributed by atoms with E-state index in [2.05, 4.69) is 15.5 Å². The number of amides is 1. The SMILES string of the molecule is CC(C)(C)NC(=O)CSc1nnc(-c2cccs2)o1. The molecule has 0 aliphatic rings. The molecule has 0 radical (unpaired) electrons. The van der Waals surface area contributed by atoms with Crippen molar-refractivity contribution in [1.82, 2.24) is 15.5 Å². The van der Waals surface area contributed by atoms with Crippen molar-refractivity contribution in [3.05, 3.63) is 17.5 Å². The number of carbonyl (C=O) groups is 1. The minimum atomic E-state index is -0.228. The van der Waals surface area contributed by atoms with E-state index in [1.54, 1.807) is 0 Å². The molecule has 0 aliphatic carbocycles. The van der Waals surface area contributed by atoms with Gasteiger partial charge in [-0.1, -0.05) is 17.8 Å².